The van der Waals surface area contributed by atoms with Crippen LogP contribution in [-0.4, -0.2) is 70.1 Å². The minimum Gasteiger partial charge on any atom is -0.448 e. The molecule has 71 heavy (non-hydrogen) atoms. The van der Waals surface area contributed by atoms with E-state index in [0.29, 0.717) is 22.7 Å². The molecule has 6 heterocycles. The Morgan fingerprint density at radius 1 is 0.831 bits per heavy atom. The number of anilines is 1. The second-order valence-corrected chi connectivity index (χ2v) is 20.2. The van der Waals surface area contributed by atoms with Gasteiger partial charge in [-0.05, 0) is 40.3 Å². The molecule has 2 fully saturated rings. The van der Waals surface area contributed by atoms with E-state index in [4.69, 9.17) is 14.6 Å². The van der Waals surface area contributed by atoms with Crippen LogP contribution in [0.4, 0.5) is 18.3 Å². The lowest BCUT2D eigenvalue weighted by Gasteiger charge is -2.69. The number of carbonyl (C=O) groups is 3. The van der Waals surface area contributed by atoms with Crippen molar-refractivity contribution in [2.75, 3.05) is 11.9 Å². The first-order chi connectivity index (χ1) is 34.3. The van der Waals surface area contributed by atoms with Crippen LogP contribution in [0.3, 0.4) is 0 Å². The third kappa shape index (κ3) is 9.20. The molecule has 5 aliphatic rings. The maximum absolute atomic E-state index is 14.8. The number of ether oxygens (including phenoxy) is 1. The second kappa shape index (κ2) is 20.2. The number of thioether (sulfide) groups is 1. The quantitative estimate of drug-likeness (QED) is 0.00861. The molecule has 6 aromatic rings. The average molecular weight is 1020 g/mol. The van der Waals surface area contributed by atoms with Crippen molar-refractivity contribution >= 4 is 61.8 Å². The van der Waals surface area contributed by atoms with Crippen molar-refractivity contribution < 1.29 is 49.7 Å². The fourth-order valence-corrected chi connectivity index (χ4v) is 11.6. The van der Waals surface area contributed by atoms with E-state index < -0.39 is 61.2 Å². The summed E-state index contributed by atoms with van der Waals surface area (Å²) in [7, 11) is -6.12. The van der Waals surface area contributed by atoms with E-state index in [2.05, 4.69) is 20.0 Å². The molecule has 3 atom stereocenters. The third-order valence-corrected chi connectivity index (χ3v) is 15.6. The minimum absolute atomic E-state index is 0.101. The van der Waals surface area contributed by atoms with Gasteiger partial charge in [0.2, 0.25) is 0 Å². The van der Waals surface area contributed by atoms with Crippen LogP contribution in [0.25, 0.3) is 0 Å². The number of carbonyl (C=O) groups excluding carboxylic acids is 3. The normalized spacial score (nSPS) is 18.7. The molecule has 0 spiro atoms. The Hall–Kier alpha value is -7.22. The predicted octanol–water partition coefficient (Wildman–Crippen LogP) is 9.58. The first kappa shape index (κ1) is 48.8. The van der Waals surface area contributed by atoms with Gasteiger partial charge in [0, 0.05) is 11.0 Å². The molecule has 2 amide bonds. The fraction of sp³-hybridized carbons (Fsp3) is 0.212. The second-order valence-electron chi connectivity index (χ2n) is 16.6. The highest BCUT2D eigenvalue weighted by Crippen LogP contribution is 2.64. The van der Waals surface area contributed by atoms with Crippen LogP contribution < -0.4 is 10.6 Å². The van der Waals surface area contributed by atoms with Crippen molar-refractivity contribution in [3.63, 3.8) is 0 Å². The lowest BCUT2D eigenvalue weighted by atomic mass is 9.73. The first-order valence-corrected chi connectivity index (χ1v) is 25.7. The molecule has 13 nitrogen and oxygen atoms in total. The van der Waals surface area contributed by atoms with Gasteiger partial charge >= 0.3 is 21.6 Å². The molecule has 1 aromatic heterocycles. The number of nitrogens with zero attached hydrogens (tertiary/aromatic N) is 3. The van der Waals surface area contributed by atoms with E-state index in [-0.39, 0.29) is 35.5 Å². The average Bonchev–Trinajstić information content (AvgIpc) is 3.85. The number of amides is 2. The number of hydrogen-bond acceptors (Lipinski definition) is 13. The summed E-state index contributed by atoms with van der Waals surface area (Å²) in [4.78, 5) is 55.4. The number of esters is 1. The lowest BCUT2D eigenvalue weighted by Crippen LogP contribution is -2.91. The van der Waals surface area contributed by atoms with Crippen LogP contribution in [0.1, 0.15) is 65.8 Å². The number of β-lactam (4-membered cyclic amide) rings is 1. The van der Waals surface area contributed by atoms with E-state index in [1.165, 1.54) is 11.3 Å². The molecule has 0 aliphatic carbocycles. The number of nitrogens with one attached hydrogen (secondary N) is 2. The van der Waals surface area contributed by atoms with Crippen molar-refractivity contribution in [1.82, 2.24) is 15.2 Å². The summed E-state index contributed by atoms with van der Waals surface area (Å²) in [6.45, 7) is 2.18. The molecule has 2 saturated heterocycles. The number of benzene rings is 5. The topological polar surface area (TPSA) is 166 Å². The Balaban J connectivity index is 1.07. The number of hydrogen-bond donors (Lipinski definition) is 2. The molecule has 19 heteroatoms. The van der Waals surface area contributed by atoms with Crippen LogP contribution in [0.5, 0.6) is 0 Å². The van der Waals surface area contributed by atoms with Gasteiger partial charge in [0.15, 0.2) is 22.5 Å². The van der Waals surface area contributed by atoms with Gasteiger partial charge in [-0.2, -0.15) is 21.6 Å². The molecule has 0 saturated carbocycles. The van der Waals surface area contributed by atoms with Gasteiger partial charge in [0.1, 0.15) is 35.2 Å². The molecular weight excluding hydrogens is 976 g/mol. The Morgan fingerprint density at radius 3 is 1.87 bits per heavy atom. The standard InChI is InChI=1S/C52H44F3N5O8S3/c1-2-3-19-31-66-59-41(40-33-69-49(56-40)58-50(36-24-13-6-14-25-36,37-26-15-7-16-27-37)38-28-17-8-18-29-38)45(61)57-51-44-39(30-32-67-71(64,65)52(53,54)55)42(60(47(51)63)48(51)70-44)46(62)68-43(34-20-9-4-10-21-34)35-22-11-5-12-23-35/h4-18,20-30,32-33,43-44,48H,2-3,19,31H2,1H3,(H,56,58)(H,57,61)/t44?,48-,51?/m0/s1. The molecule has 2 N–H and O–H groups in total. The monoisotopic (exact) mass is 1020 g/mol. The zero-order valence-electron chi connectivity index (χ0n) is 37.7. The number of rotatable bonds is 20. The number of alkyl halides is 3. The molecule has 5 aliphatic heterocycles. The highest BCUT2D eigenvalue weighted by atomic mass is 32.2. The number of allylic oxidation sites excluding steroid dienone is 1. The summed E-state index contributed by atoms with van der Waals surface area (Å²) in [6, 6.07) is 47.0. The summed E-state index contributed by atoms with van der Waals surface area (Å²) in [6.07, 6.45) is 2.49. The number of thiazole rings is 1. The van der Waals surface area contributed by atoms with Crippen molar-refractivity contribution in [2.24, 2.45) is 5.16 Å². The van der Waals surface area contributed by atoms with Crippen molar-refractivity contribution in [3.05, 3.63) is 214 Å². The first-order valence-electron chi connectivity index (χ1n) is 22.4. The largest absolute Gasteiger partial charge is 0.534 e. The summed E-state index contributed by atoms with van der Waals surface area (Å²) < 4.78 is 74.5. The summed E-state index contributed by atoms with van der Waals surface area (Å²) >= 11 is 2.32. The number of unbranched alkanes of at least 4 members (excludes halogenated alkanes) is 2. The molecule has 2 unspecified atom stereocenters. The van der Waals surface area contributed by atoms with Crippen molar-refractivity contribution in [2.45, 2.75) is 59.5 Å². The van der Waals surface area contributed by atoms with Gasteiger partial charge in [0.25, 0.3) is 11.8 Å². The Morgan fingerprint density at radius 2 is 1.37 bits per heavy atom. The third-order valence-electron chi connectivity index (χ3n) is 12.2. The molecule has 5 aromatic carbocycles. The van der Waals surface area contributed by atoms with Gasteiger partial charge in [-0.3, -0.25) is 14.5 Å². The zero-order valence-corrected chi connectivity index (χ0v) is 40.1. The summed E-state index contributed by atoms with van der Waals surface area (Å²) in [5, 5.41) is 10.8. The number of halogens is 3. The zero-order chi connectivity index (χ0) is 49.8. The van der Waals surface area contributed by atoms with Crippen molar-refractivity contribution in [1.29, 1.82) is 0 Å². The predicted molar refractivity (Wildman–Crippen MR) is 263 cm³/mol. The summed E-state index contributed by atoms with van der Waals surface area (Å²) in [5.74, 6) is -2.63. The van der Waals surface area contributed by atoms with E-state index in [1.807, 2.05) is 97.9 Å². The Kier molecular flexibility index (Phi) is 13.9. The van der Waals surface area contributed by atoms with Crippen LogP contribution in [0.2, 0.25) is 0 Å². The molecule has 364 valence electrons. The molecule has 11 rings (SSSR count). The molecule has 4 bridgehead atoms. The van der Waals surface area contributed by atoms with Crippen LogP contribution >= 0.6 is 23.1 Å². The van der Waals surface area contributed by atoms with E-state index in [9.17, 15) is 36.0 Å². The maximum atomic E-state index is 14.8. The van der Waals surface area contributed by atoms with Gasteiger partial charge < -0.3 is 24.4 Å². The highest BCUT2D eigenvalue weighted by Gasteiger charge is 2.79. The van der Waals surface area contributed by atoms with E-state index in [0.717, 1.165) is 52.3 Å². The SMILES string of the molecule is CCCCCON=C(C(=O)NC12C(=O)N3C(C(=O)OC(c4ccccc4)c4ccccc4)=C(C=COS(=O)(=O)C(F)(F)F)C1S[C@H]32)c1csc(NC(c2ccccc2)(c2ccccc2)c2ccccc2)n1. The number of aromatic nitrogens is 1. The van der Waals surface area contributed by atoms with Crippen LogP contribution in [-0.2, 0) is 43.8 Å². The Labute approximate surface area is 415 Å². The fourth-order valence-electron chi connectivity index (χ4n) is 8.82. The van der Waals surface area contributed by atoms with Gasteiger partial charge in [-0.1, -0.05) is 177 Å². The van der Waals surface area contributed by atoms with Crippen molar-refractivity contribution in [3.8, 4) is 0 Å². The number of oxime groups is 1. The van der Waals surface area contributed by atoms with E-state index >= 15 is 0 Å². The van der Waals surface area contributed by atoms with Gasteiger partial charge in [0.05, 0.1) is 5.25 Å². The minimum atomic E-state index is -6.12. The van der Waals surface area contributed by atoms with Crippen LogP contribution in [0, 0.1) is 0 Å². The molecule has 0 radical (unpaired) electrons. The lowest BCUT2D eigenvalue weighted by molar-refractivity contribution is -0.165. The summed E-state index contributed by atoms with van der Waals surface area (Å²) in [5.41, 5.74) is -5.32. The highest BCUT2D eigenvalue weighted by molar-refractivity contribution is 8.02. The smallest absolute Gasteiger partial charge is 0.448 e. The van der Waals surface area contributed by atoms with E-state index in [1.54, 1.807) is 66.0 Å². The van der Waals surface area contributed by atoms with Gasteiger partial charge in [-0.25, -0.2) is 9.78 Å². The van der Waals surface area contributed by atoms with Crippen LogP contribution in [0.15, 0.2) is 186 Å². The van der Waals surface area contributed by atoms with Gasteiger partial charge in [-0.15, -0.1) is 23.1 Å². The maximum Gasteiger partial charge on any atom is 0.534 e. The Bertz CT molecular complexity index is 2970. The molecular formula is C52H44F3N5O8S3.